The molecule has 1 N–H and O–H groups in total. The highest BCUT2D eigenvalue weighted by molar-refractivity contribution is 7.99. The largest absolute Gasteiger partial charge is 0.480 e. The van der Waals surface area contributed by atoms with E-state index in [1.807, 2.05) is 42.5 Å². The first-order chi connectivity index (χ1) is 16.6. The van der Waals surface area contributed by atoms with Crippen LogP contribution in [0.25, 0.3) is 22.4 Å². The van der Waals surface area contributed by atoms with Gasteiger partial charge in [-0.25, -0.2) is 9.18 Å². The van der Waals surface area contributed by atoms with Crippen LogP contribution in [0.15, 0.2) is 59.6 Å². The fourth-order valence-corrected chi connectivity index (χ4v) is 5.59. The van der Waals surface area contributed by atoms with E-state index < -0.39 is 5.97 Å². The van der Waals surface area contributed by atoms with Crippen molar-refractivity contribution in [3.63, 3.8) is 0 Å². The average molecular weight is 483 g/mol. The Balaban J connectivity index is 1.60. The molecular formula is C27H31FN2O3S. The minimum atomic E-state index is -0.923. The number of nitrogens with zero attached hydrogens (tertiary/aromatic N) is 2. The predicted molar refractivity (Wildman–Crippen MR) is 133 cm³/mol. The molecule has 0 aliphatic heterocycles. The number of rotatable bonds is 10. The molecular weight excluding hydrogens is 451 g/mol. The Hall–Kier alpha value is -2.64. The van der Waals surface area contributed by atoms with Crippen molar-refractivity contribution in [3.05, 3.63) is 60.4 Å². The third-order valence-electron chi connectivity index (χ3n) is 6.35. The van der Waals surface area contributed by atoms with Crippen molar-refractivity contribution in [1.82, 2.24) is 9.78 Å². The number of carboxylic acid groups (broad SMARTS) is 1. The molecule has 0 atom stereocenters. The molecule has 1 heterocycles. The standard InChI is InChI=1S/C27H31FN2O3S/c1-2-34-27-25(22-10-6-7-11-23(22)28)26(21-8-4-3-5-9-21)29-30(27)16-19-12-14-20(15-13-19)17-33-18-24(31)32/h3-11,19-20H,2,12-18H2,1H3,(H,31,32)/t19-,20-. The maximum absolute atomic E-state index is 15.0. The number of aromatic nitrogens is 2. The first-order valence-electron chi connectivity index (χ1n) is 11.9. The summed E-state index contributed by atoms with van der Waals surface area (Å²) in [6.07, 6.45) is 4.14. The number of benzene rings is 2. The molecule has 1 saturated carbocycles. The van der Waals surface area contributed by atoms with Gasteiger partial charge in [-0.05, 0) is 49.3 Å². The van der Waals surface area contributed by atoms with Crippen molar-refractivity contribution in [2.45, 2.75) is 44.2 Å². The van der Waals surface area contributed by atoms with Gasteiger partial charge in [-0.3, -0.25) is 4.68 Å². The lowest BCUT2D eigenvalue weighted by molar-refractivity contribution is -0.142. The molecule has 0 amide bonds. The van der Waals surface area contributed by atoms with Gasteiger partial charge >= 0.3 is 5.97 Å². The molecule has 5 nitrogen and oxygen atoms in total. The number of thioether (sulfide) groups is 1. The maximum Gasteiger partial charge on any atom is 0.329 e. The van der Waals surface area contributed by atoms with E-state index in [0.717, 1.165) is 59.8 Å². The van der Waals surface area contributed by atoms with E-state index in [9.17, 15) is 9.18 Å². The van der Waals surface area contributed by atoms with E-state index in [1.165, 1.54) is 6.07 Å². The van der Waals surface area contributed by atoms with Crippen molar-refractivity contribution in [3.8, 4) is 22.4 Å². The summed E-state index contributed by atoms with van der Waals surface area (Å²) in [4.78, 5) is 10.7. The monoisotopic (exact) mass is 482 g/mol. The van der Waals surface area contributed by atoms with E-state index in [1.54, 1.807) is 17.8 Å². The van der Waals surface area contributed by atoms with Crippen molar-refractivity contribution in [1.29, 1.82) is 0 Å². The third-order valence-corrected chi connectivity index (χ3v) is 7.33. The van der Waals surface area contributed by atoms with Crippen LogP contribution in [0.2, 0.25) is 0 Å². The first-order valence-corrected chi connectivity index (χ1v) is 12.9. The number of aliphatic carboxylic acids is 1. The molecule has 0 bridgehead atoms. The highest BCUT2D eigenvalue weighted by Crippen LogP contribution is 2.41. The molecule has 0 spiro atoms. The summed E-state index contributed by atoms with van der Waals surface area (Å²) >= 11 is 1.71. The smallest absolute Gasteiger partial charge is 0.329 e. The van der Waals surface area contributed by atoms with E-state index in [0.29, 0.717) is 24.0 Å². The van der Waals surface area contributed by atoms with E-state index in [-0.39, 0.29) is 12.4 Å². The van der Waals surface area contributed by atoms with Gasteiger partial charge in [-0.2, -0.15) is 5.10 Å². The SMILES string of the molecule is CCSc1c(-c2ccccc2F)c(-c2ccccc2)nn1C[C@H]1CC[C@H](COCC(=O)O)CC1. The maximum atomic E-state index is 15.0. The van der Waals surface area contributed by atoms with Gasteiger partial charge in [0.1, 0.15) is 23.1 Å². The third kappa shape index (κ3) is 5.88. The number of carboxylic acids is 1. The normalized spacial score (nSPS) is 18.2. The van der Waals surface area contributed by atoms with Crippen LogP contribution in [-0.2, 0) is 16.1 Å². The predicted octanol–water partition coefficient (Wildman–Crippen LogP) is 6.38. The lowest BCUT2D eigenvalue weighted by atomic mass is 9.82. The highest BCUT2D eigenvalue weighted by atomic mass is 32.2. The Bertz CT molecular complexity index is 1090. The van der Waals surface area contributed by atoms with Crippen molar-refractivity contribution >= 4 is 17.7 Å². The van der Waals surface area contributed by atoms with Crippen LogP contribution in [0.4, 0.5) is 4.39 Å². The van der Waals surface area contributed by atoms with Crippen molar-refractivity contribution < 1.29 is 19.0 Å². The van der Waals surface area contributed by atoms with Crippen LogP contribution >= 0.6 is 11.8 Å². The highest BCUT2D eigenvalue weighted by Gasteiger charge is 2.27. The number of carbonyl (C=O) groups is 1. The minimum absolute atomic E-state index is 0.230. The Morgan fingerprint density at radius 2 is 1.76 bits per heavy atom. The second-order valence-electron chi connectivity index (χ2n) is 8.79. The number of ether oxygens (including phenoxy) is 1. The van der Waals surface area contributed by atoms with Gasteiger partial charge in [0, 0.05) is 23.2 Å². The van der Waals surface area contributed by atoms with Crippen LogP contribution < -0.4 is 0 Å². The second kappa shape index (κ2) is 11.7. The molecule has 4 rings (SSSR count). The zero-order valence-corrected chi connectivity index (χ0v) is 20.3. The van der Waals surface area contributed by atoms with Crippen LogP contribution in [0, 0.1) is 17.7 Å². The van der Waals surface area contributed by atoms with Gasteiger partial charge in [0.05, 0.1) is 6.61 Å². The zero-order valence-electron chi connectivity index (χ0n) is 19.5. The van der Waals surface area contributed by atoms with Crippen LogP contribution in [0.1, 0.15) is 32.6 Å². The molecule has 1 aliphatic rings. The van der Waals surface area contributed by atoms with E-state index in [4.69, 9.17) is 14.9 Å². The molecule has 1 fully saturated rings. The summed E-state index contributed by atoms with van der Waals surface area (Å²) in [6, 6.07) is 16.9. The lowest BCUT2D eigenvalue weighted by Crippen LogP contribution is -2.23. The van der Waals surface area contributed by atoms with E-state index in [2.05, 4.69) is 11.6 Å². The van der Waals surface area contributed by atoms with Crippen molar-refractivity contribution in [2.24, 2.45) is 11.8 Å². The average Bonchev–Trinajstić information content (AvgIpc) is 3.19. The summed E-state index contributed by atoms with van der Waals surface area (Å²) < 4.78 is 22.4. The van der Waals surface area contributed by atoms with Gasteiger partial charge < -0.3 is 9.84 Å². The molecule has 1 aromatic heterocycles. The summed E-state index contributed by atoms with van der Waals surface area (Å²) in [7, 11) is 0. The molecule has 34 heavy (non-hydrogen) atoms. The zero-order chi connectivity index (χ0) is 23.9. The Morgan fingerprint density at radius 3 is 2.44 bits per heavy atom. The van der Waals surface area contributed by atoms with Gasteiger partial charge in [-0.15, -0.1) is 11.8 Å². The number of hydrogen-bond donors (Lipinski definition) is 1. The minimum Gasteiger partial charge on any atom is -0.480 e. The fourth-order valence-electron chi connectivity index (χ4n) is 4.70. The van der Waals surface area contributed by atoms with Crippen molar-refractivity contribution in [2.75, 3.05) is 19.0 Å². The fraction of sp³-hybridized carbons (Fsp3) is 0.407. The summed E-state index contributed by atoms with van der Waals surface area (Å²) in [5, 5.41) is 14.8. The first kappa shape index (κ1) is 24.5. The number of halogens is 1. The van der Waals surface area contributed by atoms with E-state index >= 15 is 0 Å². The van der Waals surface area contributed by atoms with Crippen LogP contribution in [0.5, 0.6) is 0 Å². The summed E-state index contributed by atoms with van der Waals surface area (Å²) in [6.45, 7) is 3.18. The van der Waals surface area contributed by atoms with Gasteiger partial charge in [0.25, 0.3) is 0 Å². The van der Waals surface area contributed by atoms with Gasteiger partial charge in [0.15, 0.2) is 0 Å². The molecule has 0 saturated heterocycles. The molecule has 0 radical (unpaired) electrons. The second-order valence-corrected chi connectivity index (χ2v) is 10.0. The van der Waals surface area contributed by atoms with Gasteiger partial charge in [0.2, 0.25) is 0 Å². The number of hydrogen-bond acceptors (Lipinski definition) is 4. The lowest BCUT2D eigenvalue weighted by Gasteiger charge is -2.28. The molecule has 3 aromatic rings. The van der Waals surface area contributed by atoms with Gasteiger partial charge in [-0.1, -0.05) is 55.5 Å². The molecule has 7 heteroatoms. The molecule has 1 aliphatic carbocycles. The Labute approximate surface area is 204 Å². The topological polar surface area (TPSA) is 64.4 Å². The summed E-state index contributed by atoms with van der Waals surface area (Å²) in [5.74, 6) is 0.595. The van der Waals surface area contributed by atoms with Crippen LogP contribution in [-0.4, -0.2) is 39.8 Å². The molecule has 180 valence electrons. The summed E-state index contributed by atoms with van der Waals surface area (Å²) in [5.41, 5.74) is 3.25. The Kier molecular flexibility index (Phi) is 8.40. The molecule has 0 unspecified atom stereocenters. The van der Waals surface area contributed by atoms with Crippen LogP contribution in [0.3, 0.4) is 0 Å². The molecule has 2 aromatic carbocycles. The Morgan fingerprint density at radius 1 is 1.09 bits per heavy atom. The quantitative estimate of drug-likeness (QED) is 0.340.